The lowest BCUT2D eigenvalue weighted by Gasteiger charge is -2.09. The molecule has 0 saturated carbocycles. The highest BCUT2D eigenvalue weighted by Crippen LogP contribution is 2.33. The summed E-state index contributed by atoms with van der Waals surface area (Å²) in [6.45, 7) is 4.59. The SMILES string of the molecule is Cc1cnc(C(=O)Cc2cc(Br)cc3c2OCC3)c(C)c1. The molecule has 1 aromatic carbocycles. The Hall–Kier alpha value is -1.68. The summed E-state index contributed by atoms with van der Waals surface area (Å²) >= 11 is 3.50. The third-order valence-electron chi connectivity index (χ3n) is 3.66. The van der Waals surface area contributed by atoms with Gasteiger partial charge in [0.05, 0.1) is 6.61 Å². The number of fused-ring (bicyclic) bond motifs is 1. The number of hydrogen-bond donors (Lipinski definition) is 0. The van der Waals surface area contributed by atoms with Gasteiger partial charge in [-0.1, -0.05) is 22.0 Å². The van der Waals surface area contributed by atoms with Crippen LogP contribution in [-0.2, 0) is 12.8 Å². The number of rotatable bonds is 3. The Balaban J connectivity index is 1.92. The Kier molecular flexibility index (Phi) is 3.81. The number of benzene rings is 1. The van der Waals surface area contributed by atoms with Crippen LogP contribution in [0.3, 0.4) is 0 Å². The van der Waals surface area contributed by atoms with Crippen LogP contribution < -0.4 is 4.74 Å². The van der Waals surface area contributed by atoms with Gasteiger partial charge >= 0.3 is 0 Å². The van der Waals surface area contributed by atoms with Gasteiger partial charge in [-0.3, -0.25) is 9.78 Å². The van der Waals surface area contributed by atoms with Gasteiger partial charge in [-0.05, 0) is 42.7 Å². The van der Waals surface area contributed by atoms with Crippen LogP contribution in [0.2, 0.25) is 0 Å². The normalized spacial score (nSPS) is 12.9. The van der Waals surface area contributed by atoms with E-state index in [9.17, 15) is 4.79 Å². The van der Waals surface area contributed by atoms with Crippen LogP contribution in [-0.4, -0.2) is 17.4 Å². The number of ether oxygens (including phenoxy) is 1. The van der Waals surface area contributed by atoms with E-state index in [0.29, 0.717) is 18.7 Å². The highest BCUT2D eigenvalue weighted by atomic mass is 79.9. The molecule has 1 aliphatic heterocycles. The zero-order valence-corrected chi connectivity index (χ0v) is 13.7. The van der Waals surface area contributed by atoms with Gasteiger partial charge in [0, 0.05) is 29.1 Å². The van der Waals surface area contributed by atoms with Crippen molar-refractivity contribution in [2.45, 2.75) is 26.7 Å². The first-order valence-electron chi connectivity index (χ1n) is 6.95. The Morgan fingerprint density at radius 3 is 2.90 bits per heavy atom. The van der Waals surface area contributed by atoms with Crippen LogP contribution in [0.15, 0.2) is 28.9 Å². The number of halogens is 1. The summed E-state index contributed by atoms with van der Waals surface area (Å²) in [5.74, 6) is 0.902. The van der Waals surface area contributed by atoms with E-state index in [2.05, 4.69) is 27.0 Å². The molecule has 3 rings (SSSR count). The number of aryl methyl sites for hydroxylation is 2. The predicted octanol–water partition coefficient (Wildman–Crippen LogP) is 3.82. The summed E-state index contributed by atoms with van der Waals surface area (Å²) in [6.07, 6.45) is 2.96. The molecule has 0 radical (unpaired) electrons. The van der Waals surface area contributed by atoms with Crippen molar-refractivity contribution in [2.24, 2.45) is 0 Å². The molecule has 1 aromatic heterocycles. The van der Waals surface area contributed by atoms with Crippen LogP contribution >= 0.6 is 15.9 Å². The average molecular weight is 346 g/mol. The highest BCUT2D eigenvalue weighted by molar-refractivity contribution is 9.10. The van der Waals surface area contributed by atoms with Gasteiger partial charge < -0.3 is 4.74 Å². The highest BCUT2D eigenvalue weighted by Gasteiger charge is 2.20. The van der Waals surface area contributed by atoms with Crippen molar-refractivity contribution in [3.63, 3.8) is 0 Å². The van der Waals surface area contributed by atoms with E-state index in [0.717, 1.165) is 33.3 Å². The first-order valence-corrected chi connectivity index (χ1v) is 7.74. The minimum atomic E-state index is 0.0308. The minimum absolute atomic E-state index is 0.0308. The second-order valence-electron chi connectivity index (χ2n) is 5.43. The zero-order valence-electron chi connectivity index (χ0n) is 12.1. The Morgan fingerprint density at radius 2 is 2.14 bits per heavy atom. The van der Waals surface area contributed by atoms with Crippen LogP contribution in [0.25, 0.3) is 0 Å². The Labute approximate surface area is 132 Å². The molecule has 0 fully saturated rings. The van der Waals surface area contributed by atoms with Crippen molar-refractivity contribution in [1.82, 2.24) is 4.98 Å². The van der Waals surface area contributed by atoms with E-state index < -0.39 is 0 Å². The fourth-order valence-corrected chi connectivity index (χ4v) is 3.29. The van der Waals surface area contributed by atoms with Crippen LogP contribution in [0.5, 0.6) is 5.75 Å². The third-order valence-corrected chi connectivity index (χ3v) is 4.11. The van der Waals surface area contributed by atoms with Crippen molar-refractivity contribution in [3.8, 4) is 5.75 Å². The maximum atomic E-state index is 12.5. The van der Waals surface area contributed by atoms with E-state index in [-0.39, 0.29) is 5.78 Å². The first-order chi connectivity index (χ1) is 10.0. The molecular weight excluding hydrogens is 330 g/mol. The van der Waals surface area contributed by atoms with Gasteiger partial charge in [0.1, 0.15) is 11.4 Å². The zero-order chi connectivity index (χ0) is 15.0. The molecule has 0 unspecified atom stereocenters. The van der Waals surface area contributed by atoms with E-state index in [1.807, 2.05) is 26.0 Å². The molecule has 108 valence electrons. The minimum Gasteiger partial charge on any atom is -0.493 e. The molecule has 0 N–H and O–H groups in total. The number of carbonyl (C=O) groups excluding carboxylic acids is 1. The van der Waals surface area contributed by atoms with Gasteiger partial charge in [0.2, 0.25) is 0 Å². The summed E-state index contributed by atoms with van der Waals surface area (Å²) in [5, 5.41) is 0. The monoisotopic (exact) mass is 345 g/mol. The molecule has 1 aliphatic rings. The van der Waals surface area contributed by atoms with Gasteiger partial charge in [0.15, 0.2) is 5.78 Å². The van der Waals surface area contributed by atoms with Gasteiger partial charge in [-0.2, -0.15) is 0 Å². The maximum absolute atomic E-state index is 12.5. The van der Waals surface area contributed by atoms with Crippen molar-refractivity contribution in [1.29, 1.82) is 0 Å². The van der Waals surface area contributed by atoms with Crippen LogP contribution in [0.4, 0.5) is 0 Å². The lowest BCUT2D eigenvalue weighted by atomic mass is 10.0. The number of Topliss-reactive ketones (excluding diaryl/α,β-unsaturated/α-hetero) is 1. The molecule has 2 heterocycles. The summed E-state index contributed by atoms with van der Waals surface area (Å²) in [6, 6.07) is 6.01. The number of carbonyl (C=O) groups is 1. The van der Waals surface area contributed by atoms with E-state index in [1.165, 1.54) is 5.56 Å². The van der Waals surface area contributed by atoms with Crippen molar-refractivity contribution in [2.75, 3.05) is 6.61 Å². The molecule has 3 nitrogen and oxygen atoms in total. The molecule has 2 aromatic rings. The summed E-state index contributed by atoms with van der Waals surface area (Å²) in [7, 11) is 0. The Bertz CT molecular complexity index is 725. The standard InChI is InChI=1S/C17H16BrNO2/c1-10-5-11(2)16(19-9-10)15(20)8-13-7-14(18)6-12-3-4-21-17(12)13/h5-7,9H,3-4,8H2,1-2H3. The van der Waals surface area contributed by atoms with Crippen LogP contribution in [0, 0.1) is 13.8 Å². The third kappa shape index (κ3) is 2.86. The second kappa shape index (κ2) is 5.60. The summed E-state index contributed by atoms with van der Waals surface area (Å²) in [5.41, 5.74) is 4.64. The quantitative estimate of drug-likeness (QED) is 0.793. The fraction of sp³-hybridized carbons (Fsp3) is 0.294. The molecule has 0 atom stereocenters. The summed E-state index contributed by atoms with van der Waals surface area (Å²) in [4.78, 5) is 16.8. The molecule has 0 spiro atoms. The summed E-state index contributed by atoms with van der Waals surface area (Å²) < 4.78 is 6.67. The predicted molar refractivity (Wildman–Crippen MR) is 85.1 cm³/mol. The molecule has 4 heteroatoms. The molecular formula is C17H16BrNO2. The van der Waals surface area contributed by atoms with Crippen LogP contribution in [0.1, 0.15) is 32.7 Å². The lowest BCUT2D eigenvalue weighted by molar-refractivity contribution is 0.0986. The smallest absolute Gasteiger partial charge is 0.185 e. The number of nitrogens with zero attached hydrogens (tertiary/aromatic N) is 1. The lowest BCUT2D eigenvalue weighted by Crippen LogP contribution is -2.09. The second-order valence-corrected chi connectivity index (χ2v) is 6.35. The van der Waals surface area contributed by atoms with Crippen molar-refractivity contribution < 1.29 is 9.53 Å². The first kappa shape index (κ1) is 14.3. The van der Waals surface area contributed by atoms with Gasteiger partial charge in [0.25, 0.3) is 0 Å². The number of pyridine rings is 1. The Morgan fingerprint density at radius 1 is 1.33 bits per heavy atom. The molecule has 21 heavy (non-hydrogen) atoms. The van der Waals surface area contributed by atoms with E-state index >= 15 is 0 Å². The molecule has 0 saturated heterocycles. The van der Waals surface area contributed by atoms with Gasteiger partial charge in [-0.15, -0.1) is 0 Å². The fourth-order valence-electron chi connectivity index (χ4n) is 2.74. The van der Waals surface area contributed by atoms with Crippen molar-refractivity contribution >= 4 is 21.7 Å². The number of ketones is 1. The molecule has 0 aliphatic carbocycles. The van der Waals surface area contributed by atoms with E-state index in [4.69, 9.17) is 4.74 Å². The topological polar surface area (TPSA) is 39.2 Å². The van der Waals surface area contributed by atoms with Crippen molar-refractivity contribution in [3.05, 3.63) is 56.8 Å². The molecule has 0 amide bonds. The maximum Gasteiger partial charge on any atom is 0.185 e. The number of hydrogen-bond acceptors (Lipinski definition) is 3. The number of aromatic nitrogens is 1. The largest absolute Gasteiger partial charge is 0.493 e. The van der Waals surface area contributed by atoms with Gasteiger partial charge in [-0.25, -0.2) is 0 Å². The van der Waals surface area contributed by atoms with E-state index in [1.54, 1.807) is 6.20 Å². The average Bonchev–Trinajstić information content (AvgIpc) is 2.86. The molecule has 0 bridgehead atoms.